The van der Waals surface area contributed by atoms with Crippen molar-refractivity contribution in [1.29, 1.82) is 0 Å². The number of imidazole rings is 1. The Hall–Kier alpha value is -1.85. The molecule has 0 saturated carbocycles. The fourth-order valence-electron chi connectivity index (χ4n) is 2.48. The quantitative estimate of drug-likeness (QED) is 0.850. The molecule has 1 saturated heterocycles. The number of aromatic nitrogens is 2. The molecule has 0 bridgehead atoms. The zero-order valence-corrected chi connectivity index (χ0v) is 10.8. The average Bonchev–Trinajstić information content (AvgIpc) is 2.79. The third-order valence-electron chi connectivity index (χ3n) is 3.41. The molecule has 5 heteroatoms. The molecule has 0 aliphatic carbocycles. The lowest BCUT2D eigenvalue weighted by molar-refractivity contribution is 0.0276. The molecule has 1 atom stereocenters. The van der Waals surface area contributed by atoms with Crippen LogP contribution in [-0.4, -0.2) is 29.2 Å². The summed E-state index contributed by atoms with van der Waals surface area (Å²) in [5.41, 5.74) is 2.70. The van der Waals surface area contributed by atoms with Gasteiger partial charge in [0.25, 0.3) is 0 Å². The van der Waals surface area contributed by atoms with Crippen LogP contribution in [0.3, 0.4) is 0 Å². The van der Waals surface area contributed by atoms with Crippen LogP contribution in [0.5, 0.6) is 0 Å². The first-order valence-electron chi connectivity index (χ1n) is 6.46. The van der Waals surface area contributed by atoms with E-state index in [9.17, 15) is 4.79 Å². The summed E-state index contributed by atoms with van der Waals surface area (Å²) in [7, 11) is 0. The van der Waals surface area contributed by atoms with Crippen LogP contribution >= 0.6 is 0 Å². The molecular formula is C14H17N3O2. The van der Waals surface area contributed by atoms with E-state index in [2.05, 4.69) is 10.3 Å². The molecule has 5 nitrogen and oxygen atoms in total. The van der Waals surface area contributed by atoms with Crippen molar-refractivity contribution in [2.75, 3.05) is 19.7 Å². The number of aromatic amines is 1. The maximum Gasteiger partial charge on any atom is 0.330 e. The van der Waals surface area contributed by atoms with Crippen molar-refractivity contribution in [3.8, 4) is 5.69 Å². The number of ether oxygens (including phenoxy) is 1. The maximum absolute atomic E-state index is 11.9. The van der Waals surface area contributed by atoms with E-state index < -0.39 is 0 Å². The Balaban J connectivity index is 2.09. The average molecular weight is 259 g/mol. The van der Waals surface area contributed by atoms with E-state index >= 15 is 0 Å². The molecule has 19 heavy (non-hydrogen) atoms. The van der Waals surface area contributed by atoms with Gasteiger partial charge in [-0.3, -0.25) is 4.57 Å². The summed E-state index contributed by atoms with van der Waals surface area (Å²) in [4.78, 5) is 14.6. The molecule has 0 amide bonds. The molecule has 1 aliphatic rings. The third-order valence-corrected chi connectivity index (χ3v) is 3.41. The predicted molar refractivity (Wildman–Crippen MR) is 72.7 cm³/mol. The van der Waals surface area contributed by atoms with Crippen molar-refractivity contribution in [2.24, 2.45) is 0 Å². The zero-order valence-electron chi connectivity index (χ0n) is 10.8. The van der Waals surface area contributed by atoms with Crippen molar-refractivity contribution in [2.45, 2.75) is 13.0 Å². The molecule has 1 aromatic heterocycles. The van der Waals surface area contributed by atoms with Crippen LogP contribution in [0.25, 0.3) is 5.69 Å². The molecule has 1 unspecified atom stereocenters. The van der Waals surface area contributed by atoms with Crippen LogP contribution in [0.4, 0.5) is 0 Å². The highest BCUT2D eigenvalue weighted by Crippen LogP contribution is 2.25. The van der Waals surface area contributed by atoms with E-state index in [0.29, 0.717) is 6.61 Å². The van der Waals surface area contributed by atoms with Gasteiger partial charge in [0.1, 0.15) is 0 Å². The summed E-state index contributed by atoms with van der Waals surface area (Å²) in [6.07, 6.45) is 1.71. The first kappa shape index (κ1) is 12.2. The van der Waals surface area contributed by atoms with Gasteiger partial charge in [0, 0.05) is 30.5 Å². The number of para-hydroxylation sites is 1. The highest BCUT2D eigenvalue weighted by atomic mass is 16.5. The van der Waals surface area contributed by atoms with Gasteiger partial charge in [-0.15, -0.1) is 0 Å². The molecule has 2 N–H and O–H groups in total. The maximum atomic E-state index is 11.9. The summed E-state index contributed by atoms with van der Waals surface area (Å²) in [6.45, 7) is 4.26. The van der Waals surface area contributed by atoms with E-state index in [1.165, 1.54) is 0 Å². The van der Waals surface area contributed by atoms with Crippen molar-refractivity contribution in [3.63, 3.8) is 0 Å². The Kier molecular flexibility index (Phi) is 3.23. The molecule has 3 rings (SSSR count). The smallest absolute Gasteiger partial charge is 0.330 e. The van der Waals surface area contributed by atoms with E-state index in [1.807, 2.05) is 31.2 Å². The number of hydrogen-bond acceptors (Lipinski definition) is 3. The summed E-state index contributed by atoms with van der Waals surface area (Å²) in [5.74, 6) is 0. The van der Waals surface area contributed by atoms with Gasteiger partial charge in [-0.2, -0.15) is 0 Å². The fraction of sp³-hybridized carbons (Fsp3) is 0.357. The second kappa shape index (κ2) is 5.03. The second-order valence-electron chi connectivity index (χ2n) is 4.69. The highest BCUT2D eigenvalue weighted by Gasteiger charge is 2.20. The highest BCUT2D eigenvalue weighted by molar-refractivity contribution is 5.44. The van der Waals surface area contributed by atoms with Gasteiger partial charge in [0.2, 0.25) is 0 Å². The van der Waals surface area contributed by atoms with Gasteiger partial charge in [0.05, 0.1) is 18.4 Å². The minimum absolute atomic E-state index is 0.00819. The van der Waals surface area contributed by atoms with Crippen LogP contribution in [0, 0.1) is 6.92 Å². The zero-order chi connectivity index (χ0) is 13.2. The molecule has 2 heterocycles. The molecule has 0 radical (unpaired) electrons. The summed E-state index contributed by atoms with van der Waals surface area (Å²) in [6, 6.07) is 7.89. The first-order valence-corrected chi connectivity index (χ1v) is 6.46. The third kappa shape index (κ3) is 2.22. The molecule has 100 valence electrons. The Morgan fingerprint density at radius 3 is 2.89 bits per heavy atom. The lowest BCUT2D eigenvalue weighted by Gasteiger charge is -2.26. The normalized spacial score (nSPS) is 19.5. The number of rotatable bonds is 2. The minimum Gasteiger partial charge on any atom is -0.371 e. The van der Waals surface area contributed by atoms with Gasteiger partial charge in [-0.25, -0.2) is 4.79 Å². The monoisotopic (exact) mass is 259 g/mol. The standard InChI is InChI=1S/C14H17N3O2/c1-10-8-16-14(18)17(10)12-5-3-2-4-11(12)13-9-15-6-7-19-13/h2-5,8,13,15H,6-7,9H2,1H3,(H,16,18). The van der Waals surface area contributed by atoms with Crippen molar-refractivity contribution >= 4 is 0 Å². The van der Waals surface area contributed by atoms with Gasteiger partial charge in [-0.1, -0.05) is 18.2 Å². The number of nitrogens with one attached hydrogen (secondary N) is 2. The van der Waals surface area contributed by atoms with Crippen molar-refractivity contribution in [3.05, 3.63) is 52.2 Å². The van der Waals surface area contributed by atoms with Crippen LogP contribution in [0.2, 0.25) is 0 Å². The number of benzene rings is 1. The predicted octanol–water partition coefficient (Wildman–Crippen LogP) is 1.13. The number of hydrogen-bond donors (Lipinski definition) is 2. The van der Waals surface area contributed by atoms with Gasteiger partial charge in [0.15, 0.2) is 0 Å². The summed E-state index contributed by atoms with van der Waals surface area (Å²) in [5, 5.41) is 3.31. The van der Waals surface area contributed by atoms with Gasteiger partial charge in [-0.05, 0) is 13.0 Å². The van der Waals surface area contributed by atoms with Crippen LogP contribution < -0.4 is 11.0 Å². The topological polar surface area (TPSA) is 59.0 Å². The SMILES string of the molecule is Cc1c[nH]c(=O)n1-c1ccccc1C1CNCCO1. The van der Waals surface area contributed by atoms with Gasteiger partial charge >= 0.3 is 5.69 Å². The van der Waals surface area contributed by atoms with E-state index in [-0.39, 0.29) is 11.8 Å². The number of H-pyrrole nitrogens is 1. The largest absolute Gasteiger partial charge is 0.371 e. The Bertz CT molecular complexity index is 624. The molecule has 2 aromatic rings. The Morgan fingerprint density at radius 2 is 2.21 bits per heavy atom. The molecule has 1 aromatic carbocycles. The van der Waals surface area contributed by atoms with Crippen molar-refractivity contribution < 1.29 is 4.74 Å². The lowest BCUT2D eigenvalue weighted by Crippen LogP contribution is -2.34. The molecule has 0 spiro atoms. The molecule has 1 aliphatic heterocycles. The van der Waals surface area contributed by atoms with Crippen LogP contribution in [0.1, 0.15) is 17.4 Å². The van der Waals surface area contributed by atoms with E-state index in [0.717, 1.165) is 30.0 Å². The summed E-state index contributed by atoms with van der Waals surface area (Å²) < 4.78 is 7.48. The Morgan fingerprint density at radius 1 is 1.37 bits per heavy atom. The fourth-order valence-corrected chi connectivity index (χ4v) is 2.48. The second-order valence-corrected chi connectivity index (χ2v) is 4.69. The molecular weight excluding hydrogens is 242 g/mol. The number of morpholine rings is 1. The molecule has 1 fully saturated rings. The Labute approximate surface area is 111 Å². The van der Waals surface area contributed by atoms with Crippen LogP contribution in [0.15, 0.2) is 35.3 Å². The minimum atomic E-state index is -0.117. The number of nitrogens with zero attached hydrogens (tertiary/aromatic N) is 1. The van der Waals surface area contributed by atoms with Gasteiger partial charge < -0.3 is 15.0 Å². The summed E-state index contributed by atoms with van der Waals surface area (Å²) >= 11 is 0. The van der Waals surface area contributed by atoms with Crippen LogP contribution in [-0.2, 0) is 4.74 Å². The first-order chi connectivity index (χ1) is 9.27. The number of aryl methyl sites for hydroxylation is 1. The van der Waals surface area contributed by atoms with E-state index in [1.54, 1.807) is 10.8 Å². The van der Waals surface area contributed by atoms with Crippen molar-refractivity contribution in [1.82, 2.24) is 14.9 Å². The lowest BCUT2D eigenvalue weighted by atomic mass is 10.1. The van der Waals surface area contributed by atoms with E-state index in [4.69, 9.17) is 4.74 Å².